The number of rotatable bonds is 7. The summed E-state index contributed by atoms with van der Waals surface area (Å²) in [5.41, 5.74) is 0.901. The number of hydrogen-bond donors (Lipinski definition) is 2. The molecule has 0 aromatic heterocycles. The van der Waals surface area contributed by atoms with Gasteiger partial charge in [0.25, 0.3) is 0 Å². The normalized spacial score (nSPS) is 10.3. The van der Waals surface area contributed by atoms with Crippen LogP contribution in [-0.2, 0) is 0 Å². The lowest BCUT2D eigenvalue weighted by atomic mass is 10.3. The van der Waals surface area contributed by atoms with Crippen molar-refractivity contribution in [2.45, 2.75) is 13.3 Å². The largest absolute Gasteiger partial charge is 0.491 e. The Morgan fingerprint density at radius 3 is 2.74 bits per heavy atom. The Morgan fingerprint density at radius 1 is 1.32 bits per heavy atom. The van der Waals surface area contributed by atoms with Gasteiger partial charge >= 0.3 is 0 Å². The average Bonchev–Trinajstić information content (AvgIpc) is 2.37. The van der Waals surface area contributed by atoms with Crippen LogP contribution in [-0.4, -0.2) is 43.8 Å². The van der Waals surface area contributed by atoms with E-state index < -0.39 is 0 Å². The molecule has 0 radical (unpaired) electrons. The van der Waals surface area contributed by atoms with Crippen molar-refractivity contribution in [1.29, 1.82) is 0 Å². The second-order valence-electron chi connectivity index (χ2n) is 4.53. The molecule has 1 aromatic rings. The van der Waals surface area contributed by atoms with Crippen LogP contribution < -0.4 is 15.4 Å². The molecular weight excluding hydrogens is 258 g/mol. The number of nitrogens with zero attached hydrogens (tertiary/aromatic N) is 1. The van der Waals surface area contributed by atoms with Crippen molar-refractivity contribution in [2.24, 2.45) is 0 Å². The Kier molecular flexibility index (Phi) is 7.22. The maximum atomic E-state index is 5.67. The smallest absolute Gasteiger partial charge is 0.170 e. The van der Waals surface area contributed by atoms with Crippen LogP contribution in [0.1, 0.15) is 13.3 Å². The van der Waals surface area contributed by atoms with Crippen LogP contribution in [0.15, 0.2) is 24.3 Å². The van der Waals surface area contributed by atoms with Gasteiger partial charge in [-0.15, -0.1) is 0 Å². The molecule has 0 saturated heterocycles. The second kappa shape index (κ2) is 8.72. The SMILES string of the molecule is CCCOc1ccccc1NC(=S)NCCN(C)C. The van der Waals surface area contributed by atoms with E-state index in [0.29, 0.717) is 11.7 Å². The number of anilines is 1. The van der Waals surface area contributed by atoms with Crippen molar-refractivity contribution in [3.8, 4) is 5.75 Å². The Labute approximate surface area is 121 Å². The summed E-state index contributed by atoms with van der Waals surface area (Å²) in [5, 5.41) is 6.96. The lowest BCUT2D eigenvalue weighted by molar-refractivity contribution is 0.319. The van der Waals surface area contributed by atoms with E-state index in [1.807, 2.05) is 38.4 Å². The third-order valence-corrected chi connectivity index (χ3v) is 2.69. The van der Waals surface area contributed by atoms with Crippen molar-refractivity contribution in [3.05, 3.63) is 24.3 Å². The van der Waals surface area contributed by atoms with Gasteiger partial charge in [0.05, 0.1) is 12.3 Å². The molecule has 106 valence electrons. The zero-order valence-electron chi connectivity index (χ0n) is 11.9. The summed E-state index contributed by atoms with van der Waals surface area (Å²) in [6.45, 7) is 4.55. The summed E-state index contributed by atoms with van der Waals surface area (Å²) < 4.78 is 5.67. The molecule has 0 aliphatic rings. The predicted octanol–water partition coefficient (Wildman–Crippen LogP) is 2.32. The fraction of sp³-hybridized carbons (Fsp3) is 0.500. The van der Waals surface area contributed by atoms with Gasteiger partial charge in [0.15, 0.2) is 5.11 Å². The predicted molar refractivity (Wildman–Crippen MR) is 85.0 cm³/mol. The van der Waals surface area contributed by atoms with Crippen LogP contribution in [0.3, 0.4) is 0 Å². The molecule has 1 aromatic carbocycles. The minimum Gasteiger partial charge on any atom is -0.491 e. The van der Waals surface area contributed by atoms with E-state index in [4.69, 9.17) is 17.0 Å². The first-order chi connectivity index (χ1) is 9.13. The molecular formula is C14H23N3OS. The lowest BCUT2D eigenvalue weighted by Gasteiger charge is -2.15. The molecule has 0 aliphatic heterocycles. The second-order valence-corrected chi connectivity index (χ2v) is 4.94. The highest BCUT2D eigenvalue weighted by molar-refractivity contribution is 7.80. The van der Waals surface area contributed by atoms with Crippen LogP contribution in [0.2, 0.25) is 0 Å². The molecule has 2 N–H and O–H groups in total. The van der Waals surface area contributed by atoms with Crippen molar-refractivity contribution >= 4 is 23.0 Å². The molecule has 0 unspecified atom stereocenters. The summed E-state index contributed by atoms with van der Waals surface area (Å²) in [6.07, 6.45) is 0.986. The third kappa shape index (κ3) is 6.40. The molecule has 4 nitrogen and oxygen atoms in total. The molecule has 1 rings (SSSR count). The highest BCUT2D eigenvalue weighted by Crippen LogP contribution is 2.23. The summed E-state index contributed by atoms with van der Waals surface area (Å²) in [5.74, 6) is 0.834. The molecule has 0 aliphatic carbocycles. The molecule has 0 bridgehead atoms. The van der Waals surface area contributed by atoms with Gasteiger partial charge in [-0.1, -0.05) is 19.1 Å². The molecule has 19 heavy (non-hydrogen) atoms. The number of ether oxygens (including phenoxy) is 1. The van der Waals surface area contributed by atoms with Crippen molar-refractivity contribution in [3.63, 3.8) is 0 Å². The molecule has 0 fully saturated rings. The Balaban J connectivity index is 2.48. The monoisotopic (exact) mass is 281 g/mol. The number of para-hydroxylation sites is 2. The van der Waals surface area contributed by atoms with Crippen LogP contribution in [0.4, 0.5) is 5.69 Å². The van der Waals surface area contributed by atoms with Gasteiger partial charge in [0.2, 0.25) is 0 Å². The first-order valence-corrected chi connectivity index (χ1v) is 6.95. The maximum Gasteiger partial charge on any atom is 0.170 e. The summed E-state index contributed by atoms with van der Waals surface area (Å²) in [7, 11) is 4.07. The number of thiocarbonyl (C=S) groups is 1. The lowest BCUT2D eigenvalue weighted by Crippen LogP contribution is -2.34. The quantitative estimate of drug-likeness (QED) is 0.750. The zero-order valence-corrected chi connectivity index (χ0v) is 12.7. The molecule has 5 heteroatoms. The molecule has 0 saturated carbocycles. The molecule has 0 amide bonds. The van der Waals surface area contributed by atoms with Gasteiger partial charge in [-0.2, -0.15) is 0 Å². The zero-order chi connectivity index (χ0) is 14.1. The summed E-state index contributed by atoms with van der Waals surface area (Å²) >= 11 is 5.26. The molecule has 0 heterocycles. The first kappa shape index (κ1) is 15.7. The van der Waals surface area contributed by atoms with Crippen LogP contribution >= 0.6 is 12.2 Å². The van der Waals surface area contributed by atoms with Crippen molar-refractivity contribution in [2.75, 3.05) is 39.1 Å². The van der Waals surface area contributed by atoms with E-state index >= 15 is 0 Å². The van der Waals surface area contributed by atoms with Gasteiger partial charge in [0.1, 0.15) is 5.75 Å². The van der Waals surface area contributed by atoms with Gasteiger partial charge in [-0.3, -0.25) is 0 Å². The Hall–Kier alpha value is -1.33. The van der Waals surface area contributed by atoms with Crippen LogP contribution in [0.25, 0.3) is 0 Å². The maximum absolute atomic E-state index is 5.67. The van der Waals surface area contributed by atoms with E-state index in [-0.39, 0.29) is 0 Å². The van der Waals surface area contributed by atoms with E-state index in [1.54, 1.807) is 0 Å². The number of benzene rings is 1. The third-order valence-electron chi connectivity index (χ3n) is 2.44. The average molecular weight is 281 g/mol. The highest BCUT2D eigenvalue weighted by atomic mass is 32.1. The minimum absolute atomic E-state index is 0.620. The molecule has 0 spiro atoms. The van der Waals surface area contributed by atoms with E-state index in [2.05, 4.69) is 22.5 Å². The first-order valence-electron chi connectivity index (χ1n) is 6.55. The fourth-order valence-electron chi connectivity index (χ4n) is 1.47. The van der Waals surface area contributed by atoms with E-state index in [1.165, 1.54) is 0 Å². The van der Waals surface area contributed by atoms with Crippen molar-refractivity contribution in [1.82, 2.24) is 10.2 Å². The van der Waals surface area contributed by atoms with Gasteiger partial charge in [-0.25, -0.2) is 0 Å². The van der Waals surface area contributed by atoms with E-state index in [0.717, 1.165) is 30.9 Å². The van der Waals surface area contributed by atoms with Gasteiger partial charge < -0.3 is 20.3 Å². The Morgan fingerprint density at radius 2 is 2.05 bits per heavy atom. The van der Waals surface area contributed by atoms with Crippen LogP contribution in [0.5, 0.6) is 5.75 Å². The van der Waals surface area contributed by atoms with Crippen molar-refractivity contribution < 1.29 is 4.74 Å². The van der Waals surface area contributed by atoms with Gasteiger partial charge in [-0.05, 0) is 44.9 Å². The fourth-order valence-corrected chi connectivity index (χ4v) is 1.68. The van der Waals surface area contributed by atoms with Crippen LogP contribution in [0, 0.1) is 0 Å². The molecule has 0 atom stereocenters. The number of likely N-dealkylation sites (N-methyl/N-ethyl adjacent to an activating group) is 1. The summed E-state index contributed by atoms with van der Waals surface area (Å²) in [6, 6.07) is 7.83. The summed E-state index contributed by atoms with van der Waals surface area (Å²) in [4.78, 5) is 2.11. The highest BCUT2D eigenvalue weighted by Gasteiger charge is 2.04. The number of nitrogens with one attached hydrogen (secondary N) is 2. The van der Waals surface area contributed by atoms with Gasteiger partial charge in [0, 0.05) is 13.1 Å². The minimum atomic E-state index is 0.620. The topological polar surface area (TPSA) is 36.5 Å². The Bertz CT molecular complexity index is 396. The number of hydrogen-bond acceptors (Lipinski definition) is 3. The van der Waals surface area contributed by atoms with E-state index in [9.17, 15) is 0 Å². The standard InChI is InChI=1S/C14H23N3OS/c1-4-11-18-13-8-6-5-7-12(13)16-14(19)15-9-10-17(2)3/h5-8H,4,9-11H2,1-3H3,(H2,15,16,19).